The second kappa shape index (κ2) is 7.07. The summed E-state index contributed by atoms with van der Waals surface area (Å²) >= 11 is 3.15. The molecular weight excluding hydrogens is 394 g/mol. The molecule has 1 fully saturated rings. The zero-order chi connectivity index (χ0) is 18.1. The quantitative estimate of drug-likeness (QED) is 0.792. The monoisotopic (exact) mass is 410 g/mol. The third-order valence-corrected chi connectivity index (χ3v) is 4.94. The van der Waals surface area contributed by atoms with E-state index < -0.39 is 23.1 Å². The van der Waals surface area contributed by atoms with Crippen LogP contribution in [0.1, 0.15) is 40.7 Å². The van der Waals surface area contributed by atoms with Crippen molar-refractivity contribution in [2.45, 2.75) is 32.2 Å². The minimum atomic E-state index is -1.05. The fraction of sp³-hybridized carbons (Fsp3) is 0.333. The van der Waals surface area contributed by atoms with E-state index in [0.717, 1.165) is 19.3 Å². The van der Waals surface area contributed by atoms with Crippen molar-refractivity contribution < 1.29 is 13.6 Å². The molecular formula is C18H17BrF2N2O2. The molecule has 0 radical (unpaired) electrons. The number of carbonyl (C=O) groups excluding carboxylic acids is 1. The van der Waals surface area contributed by atoms with Crippen molar-refractivity contribution >= 4 is 21.8 Å². The van der Waals surface area contributed by atoms with E-state index in [4.69, 9.17) is 5.73 Å². The molecule has 132 valence electrons. The lowest BCUT2D eigenvalue weighted by Crippen LogP contribution is -2.29. The van der Waals surface area contributed by atoms with Crippen molar-refractivity contribution in [2.75, 3.05) is 0 Å². The second-order valence-electron chi connectivity index (χ2n) is 6.34. The molecule has 2 aromatic rings. The van der Waals surface area contributed by atoms with Gasteiger partial charge in [-0.05, 0) is 30.0 Å². The highest BCUT2D eigenvalue weighted by molar-refractivity contribution is 9.10. The van der Waals surface area contributed by atoms with Gasteiger partial charge in [-0.25, -0.2) is 8.78 Å². The number of primary amides is 1. The molecule has 1 aliphatic carbocycles. The molecule has 0 unspecified atom stereocenters. The highest BCUT2D eigenvalue weighted by Gasteiger charge is 2.23. The Labute approximate surface area is 151 Å². The maximum Gasteiger partial charge on any atom is 0.286 e. The molecule has 25 heavy (non-hydrogen) atoms. The maximum atomic E-state index is 14.6. The molecule has 1 amide bonds. The number of carbonyl (C=O) groups is 1. The van der Waals surface area contributed by atoms with Gasteiger partial charge < -0.3 is 10.3 Å². The van der Waals surface area contributed by atoms with Gasteiger partial charge in [-0.15, -0.1) is 0 Å². The number of rotatable bonds is 6. The number of nitrogens with zero attached hydrogens (tertiary/aromatic N) is 1. The Bertz CT molecular complexity index is 891. The Hall–Kier alpha value is -2.02. The maximum absolute atomic E-state index is 14.6. The number of hydrogen-bond donors (Lipinski definition) is 1. The number of nitrogens with two attached hydrogens (primary N) is 1. The van der Waals surface area contributed by atoms with Crippen LogP contribution in [-0.2, 0) is 13.0 Å². The molecule has 1 aromatic carbocycles. The van der Waals surface area contributed by atoms with Crippen LogP contribution in [-0.4, -0.2) is 10.5 Å². The van der Waals surface area contributed by atoms with E-state index >= 15 is 0 Å². The summed E-state index contributed by atoms with van der Waals surface area (Å²) in [7, 11) is 0. The van der Waals surface area contributed by atoms with Gasteiger partial charge in [-0.3, -0.25) is 9.59 Å². The Morgan fingerprint density at radius 2 is 2.04 bits per heavy atom. The fourth-order valence-electron chi connectivity index (χ4n) is 2.80. The average molecular weight is 411 g/mol. The Morgan fingerprint density at radius 3 is 2.64 bits per heavy atom. The van der Waals surface area contributed by atoms with Gasteiger partial charge in [-0.2, -0.15) is 0 Å². The van der Waals surface area contributed by atoms with Gasteiger partial charge in [0.2, 0.25) is 0 Å². The van der Waals surface area contributed by atoms with Crippen LogP contribution in [0.25, 0.3) is 0 Å². The zero-order valence-electron chi connectivity index (χ0n) is 13.4. The highest BCUT2D eigenvalue weighted by atomic mass is 79.9. The summed E-state index contributed by atoms with van der Waals surface area (Å²) < 4.78 is 30.4. The molecule has 1 saturated carbocycles. The largest absolute Gasteiger partial charge is 0.366 e. The van der Waals surface area contributed by atoms with E-state index in [1.807, 2.05) is 0 Å². The summed E-state index contributed by atoms with van der Waals surface area (Å²) in [6, 6.07) is 4.33. The van der Waals surface area contributed by atoms with Crippen LogP contribution in [0.4, 0.5) is 8.78 Å². The van der Waals surface area contributed by atoms with E-state index in [1.165, 1.54) is 22.9 Å². The topological polar surface area (TPSA) is 65.1 Å². The molecule has 0 spiro atoms. The van der Waals surface area contributed by atoms with Crippen LogP contribution in [0.2, 0.25) is 0 Å². The van der Waals surface area contributed by atoms with Gasteiger partial charge in [0.15, 0.2) is 5.82 Å². The van der Waals surface area contributed by atoms with Crippen molar-refractivity contribution in [3.05, 3.63) is 67.5 Å². The van der Waals surface area contributed by atoms with Crippen molar-refractivity contribution in [1.29, 1.82) is 0 Å². The SMILES string of the molecule is NC(=O)c1cn(CCC2CC2)c(=O)c(F)c1Cc1ccc(Br)cc1F. The fourth-order valence-corrected chi connectivity index (χ4v) is 3.13. The molecule has 2 N–H and O–H groups in total. The molecule has 0 bridgehead atoms. The molecule has 3 rings (SSSR count). The molecule has 4 nitrogen and oxygen atoms in total. The van der Waals surface area contributed by atoms with E-state index in [0.29, 0.717) is 16.9 Å². The number of pyridine rings is 1. The first-order valence-corrected chi connectivity index (χ1v) is 8.81. The lowest BCUT2D eigenvalue weighted by atomic mass is 10.00. The first-order valence-electron chi connectivity index (χ1n) is 8.02. The van der Waals surface area contributed by atoms with Gasteiger partial charge in [-0.1, -0.05) is 34.8 Å². The number of aryl methyl sites for hydroxylation is 1. The van der Waals surface area contributed by atoms with Gasteiger partial charge in [0.1, 0.15) is 5.82 Å². The van der Waals surface area contributed by atoms with E-state index in [9.17, 15) is 18.4 Å². The van der Waals surface area contributed by atoms with E-state index in [2.05, 4.69) is 15.9 Å². The van der Waals surface area contributed by atoms with Crippen LogP contribution in [0.15, 0.2) is 33.7 Å². The van der Waals surface area contributed by atoms with Gasteiger partial charge in [0, 0.05) is 29.2 Å². The number of amides is 1. The first-order chi connectivity index (χ1) is 11.9. The van der Waals surface area contributed by atoms with Crippen molar-refractivity contribution in [3.63, 3.8) is 0 Å². The van der Waals surface area contributed by atoms with Gasteiger partial charge in [0.05, 0.1) is 5.56 Å². The highest BCUT2D eigenvalue weighted by Crippen LogP contribution is 2.32. The summed E-state index contributed by atoms with van der Waals surface area (Å²) in [6.45, 7) is 0.341. The van der Waals surface area contributed by atoms with Crippen LogP contribution in [0, 0.1) is 17.6 Å². The molecule has 1 heterocycles. The predicted molar refractivity (Wildman–Crippen MR) is 93.4 cm³/mol. The van der Waals surface area contributed by atoms with Crippen LogP contribution < -0.4 is 11.3 Å². The van der Waals surface area contributed by atoms with Crippen molar-refractivity contribution in [1.82, 2.24) is 4.57 Å². The standard InChI is InChI=1S/C18H17BrF2N2O2/c19-12-4-3-11(15(20)8-12)7-13-14(17(22)24)9-23(18(25)16(13)21)6-5-10-1-2-10/h3-4,8-10H,1-2,5-7H2,(H2,22,24). The normalized spacial score (nSPS) is 13.9. The molecule has 0 saturated heterocycles. The lowest BCUT2D eigenvalue weighted by Gasteiger charge is -2.13. The smallest absolute Gasteiger partial charge is 0.286 e. The number of halogens is 3. The van der Waals surface area contributed by atoms with E-state index in [1.54, 1.807) is 6.07 Å². The molecule has 1 aliphatic rings. The third kappa shape index (κ3) is 3.98. The second-order valence-corrected chi connectivity index (χ2v) is 7.26. The molecule has 0 atom stereocenters. The van der Waals surface area contributed by atoms with Gasteiger partial charge >= 0.3 is 0 Å². The summed E-state index contributed by atoms with van der Waals surface area (Å²) in [5, 5.41) is 0. The van der Waals surface area contributed by atoms with E-state index in [-0.39, 0.29) is 23.1 Å². The van der Waals surface area contributed by atoms with Crippen LogP contribution in [0.5, 0.6) is 0 Å². The Balaban J connectivity index is 2.00. The van der Waals surface area contributed by atoms with Crippen molar-refractivity contribution in [3.8, 4) is 0 Å². The number of hydrogen-bond acceptors (Lipinski definition) is 2. The molecule has 1 aromatic heterocycles. The van der Waals surface area contributed by atoms with Gasteiger partial charge in [0.25, 0.3) is 11.5 Å². The predicted octanol–water partition coefficient (Wildman–Crippen LogP) is 3.38. The third-order valence-electron chi connectivity index (χ3n) is 4.45. The molecule has 7 heteroatoms. The summed E-state index contributed by atoms with van der Waals surface area (Å²) in [6.07, 6.45) is 4.06. The zero-order valence-corrected chi connectivity index (χ0v) is 15.0. The molecule has 0 aliphatic heterocycles. The minimum absolute atomic E-state index is 0.0878. The average Bonchev–Trinajstić information content (AvgIpc) is 3.37. The van der Waals surface area contributed by atoms with Crippen molar-refractivity contribution in [2.24, 2.45) is 11.7 Å². The summed E-state index contributed by atoms with van der Waals surface area (Å²) in [4.78, 5) is 24.0. The van der Waals surface area contributed by atoms with Crippen LogP contribution >= 0.6 is 15.9 Å². The number of aromatic nitrogens is 1. The number of benzene rings is 1. The van der Waals surface area contributed by atoms with Crippen LogP contribution in [0.3, 0.4) is 0 Å². The lowest BCUT2D eigenvalue weighted by molar-refractivity contribution is 0.0998. The Kier molecular flexibility index (Phi) is 5.03. The Morgan fingerprint density at radius 1 is 1.32 bits per heavy atom. The minimum Gasteiger partial charge on any atom is -0.366 e. The summed E-state index contributed by atoms with van der Waals surface area (Å²) in [5.41, 5.74) is 4.48. The summed E-state index contributed by atoms with van der Waals surface area (Å²) in [5.74, 6) is -1.88. The first kappa shape index (κ1) is 17.8.